The third-order valence-corrected chi connectivity index (χ3v) is 6.63. The predicted octanol–water partition coefficient (Wildman–Crippen LogP) is 4.79. The molecule has 0 saturated carbocycles. The number of carbonyl (C=O) groups is 2. The summed E-state index contributed by atoms with van der Waals surface area (Å²) >= 11 is 7.59. The van der Waals surface area contributed by atoms with Crippen molar-refractivity contribution in [2.75, 3.05) is 6.61 Å². The van der Waals surface area contributed by atoms with E-state index < -0.39 is 16.7 Å². The predicted molar refractivity (Wildman–Crippen MR) is 135 cm³/mol. The Hall–Kier alpha value is -3.81. The molecule has 178 valence electrons. The molecule has 2 amide bonds. The molecule has 0 bridgehead atoms. The van der Waals surface area contributed by atoms with Crippen LogP contribution in [0.4, 0.5) is 5.69 Å². The van der Waals surface area contributed by atoms with Crippen molar-refractivity contribution in [2.24, 2.45) is 0 Å². The van der Waals surface area contributed by atoms with E-state index in [0.717, 1.165) is 23.0 Å². The monoisotopic (exact) mass is 528 g/mol. The van der Waals surface area contributed by atoms with Gasteiger partial charge >= 0.3 is 0 Å². The molecule has 35 heavy (non-hydrogen) atoms. The van der Waals surface area contributed by atoms with Crippen molar-refractivity contribution in [3.63, 3.8) is 0 Å². The molecular weight excluding hydrogens is 512 g/mol. The molecule has 0 unspecified atom stereocenters. The molecule has 3 aromatic rings. The number of hydrazine groups is 1. The number of rotatable bonds is 8. The van der Waals surface area contributed by atoms with Gasteiger partial charge in [-0.25, -0.2) is 4.98 Å². The van der Waals surface area contributed by atoms with Gasteiger partial charge in [-0.1, -0.05) is 23.9 Å². The summed E-state index contributed by atoms with van der Waals surface area (Å²) in [6.07, 6.45) is 2.73. The highest BCUT2D eigenvalue weighted by Crippen LogP contribution is 2.36. The summed E-state index contributed by atoms with van der Waals surface area (Å²) in [6.45, 7) is 2.16. The average Bonchev–Trinajstić information content (AvgIpc) is 3.46. The SMILES string of the molecule is CCOc1cc(/C=C2\SC(=S)N(NC(=O)c3cccs3)C2=O)ccc1Oc1ccc([N+](=O)[O-])cn1. The van der Waals surface area contributed by atoms with Crippen LogP contribution in [0.1, 0.15) is 22.2 Å². The Bertz CT molecular complexity index is 1330. The van der Waals surface area contributed by atoms with E-state index in [1.54, 1.807) is 41.8 Å². The molecule has 4 rings (SSSR count). The van der Waals surface area contributed by atoms with Gasteiger partial charge in [0.25, 0.3) is 17.5 Å². The van der Waals surface area contributed by atoms with Gasteiger partial charge in [0.1, 0.15) is 6.20 Å². The molecule has 1 saturated heterocycles. The summed E-state index contributed by atoms with van der Waals surface area (Å²) in [7, 11) is 0. The largest absolute Gasteiger partial charge is 0.490 e. The Morgan fingerprint density at radius 3 is 2.77 bits per heavy atom. The van der Waals surface area contributed by atoms with Gasteiger partial charge in [-0.15, -0.1) is 11.3 Å². The third kappa shape index (κ3) is 5.65. The first-order valence-corrected chi connectivity index (χ1v) is 12.1. The van der Waals surface area contributed by atoms with Crippen LogP contribution in [0, 0.1) is 10.1 Å². The number of benzene rings is 1. The van der Waals surface area contributed by atoms with Gasteiger partial charge in [0.2, 0.25) is 5.88 Å². The lowest BCUT2D eigenvalue weighted by Gasteiger charge is -2.14. The van der Waals surface area contributed by atoms with Crippen LogP contribution in [-0.2, 0) is 4.79 Å². The Morgan fingerprint density at radius 1 is 1.29 bits per heavy atom. The second-order valence-electron chi connectivity index (χ2n) is 6.79. The van der Waals surface area contributed by atoms with Crippen molar-refractivity contribution in [3.05, 3.63) is 79.5 Å². The molecule has 13 heteroatoms. The smallest absolute Gasteiger partial charge is 0.287 e. The van der Waals surface area contributed by atoms with Crippen LogP contribution in [0.15, 0.2) is 58.9 Å². The second-order valence-corrected chi connectivity index (χ2v) is 9.41. The highest BCUT2D eigenvalue weighted by Gasteiger charge is 2.34. The minimum absolute atomic E-state index is 0.151. The van der Waals surface area contributed by atoms with E-state index in [1.165, 1.54) is 23.5 Å². The topological polar surface area (TPSA) is 124 Å². The Balaban J connectivity index is 1.52. The highest BCUT2D eigenvalue weighted by atomic mass is 32.2. The van der Waals surface area contributed by atoms with Gasteiger partial charge in [0.15, 0.2) is 15.8 Å². The maximum absolute atomic E-state index is 12.8. The van der Waals surface area contributed by atoms with Crippen LogP contribution in [0.3, 0.4) is 0 Å². The summed E-state index contributed by atoms with van der Waals surface area (Å²) in [5.74, 6) is 0.0338. The fourth-order valence-electron chi connectivity index (χ4n) is 2.90. The van der Waals surface area contributed by atoms with E-state index >= 15 is 0 Å². The molecule has 1 aliphatic rings. The minimum Gasteiger partial charge on any atom is -0.490 e. The van der Waals surface area contributed by atoms with Gasteiger partial charge in [-0.3, -0.25) is 25.1 Å². The van der Waals surface area contributed by atoms with E-state index in [2.05, 4.69) is 10.4 Å². The number of nitro groups is 1. The first-order valence-electron chi connectivity index (χ1n) is 10.0. The van der Waals surface area contributed by atoms with Crippen LogP contribution in [0.25, 0.3) is 6.08 Å². The second kappa shape index (κ2) is 10.6. The van der Waals surface area contributed by atoms with Gasteiger partial charge in [-0.05, 0) is 54.4 Å². The highest BCUT2D eigenvalue weighted by molar-refractivity contribution is 8.26. The molecule has 1 aromatic carbocycles. The summed E-state index contributed by atoms with van der Waals surface area (Å²) in [5.41, 5.74) is 3.02. The summed E-state index contributed by atoms with van der Waals surface area (Å²) in [5, 5.41) is 13.6. The number of aromatic nitrogens is 1. The van der Waals surface area contributed by atoms with Crippen LogP contribution in [0.5, 0.6) is 17.4 Å². The standard InChI is InChI=1S/C22H16N4O6S3/c1-2-31-16-10-13(5-7-15(16)32-19-8-6-14(12-23-19)26(29)30)11-18-21(28)25(22(33)35-18)24-20(27)17-4-3-9-34-17/h3-12H,2H2,1H3,(H,24,27)/b18-11-. The quantitative estimate of drug-likeness (QED) is 0.190. The van der Waals surface area contributed by atoms with E-state index in [0.29, 0.717) is 33.5 Å². The van der Waals surface area contributed by atoms with Crippen molar-refractivity contribution < 1.29 is 24.0 Å². The number of nitrogens with one attached hydrogen (secondary N) is 1. The van der Waals surface area contributed by atoms with Crippen LogP contribution in [-0.4, -0.2) is 37.7 Å². The average molecular weight is 529 g/mol. The number of ether oxygens (including phenoxy) is 2. The number of thiocarbonyl (C=S) groups is 1. The molecule has 0 aliphatic carbocycles. The Labute approximate surface area is 212 Å². The fraction of sp³-hybridized carbons (Fsp3) is 0.0909. The van der Waals surface area contributed by atoms with Crippen LogP contribution >= 0.6 is 35.3 Å². The van der Waals surface area contributed by atoms with Crippen molar-refractivity contribution in [1.82, 2.24) is 15.4 Å². The molecule has 0 radical (unpaired) electrons. The Morgan fingerprint density at radius 2 is 2.11 bits per heavy atom. The number of hydrogen-bond donors (Lipinski definition) is 1. The molecule has 3 heterocycles. The first-order chi connectivity index (χ1) is 16.9. The molecule has 0 spiro atoms. The summed E-state index contributed by atoms with van der Waals surface area (Å²) < 4.78 is 11.6. The van der Waals surface area contributed by atoms with Crippen molar-refractivity contribution >= 4 is 63.2 Å². The van der Waals surface area contributed by atoms with Crippen LogP contribution < -0.4 is 14.9 Å². The lowest BCUT2D eigenvalue weighted by atomic mass is 10.2. The minimum atomic E-state index is -0.548. The number of nitrogens with zero attached hydrogens (tertiary/aromatic N) is 3. The molecule has 10 nitrogen and oxygen atoms in total. The fourth-order valence-corrected chi connectivity index (χ4v) is 4.69. The molecule has 1 N–H and O–H groups in total. The van der Waals surface area contributed by atoms with E-state index in [-0.39, 0.29) is 15.9 Å². The van der Waals surface area contributed by atoms with E-state index in [4.69, 9.17) is 21.7 Å². The molecule has 1 fully saturated rings. The number of thioether (sulfide) groups is 1. The zero-order valence-corrected chi connectivity index (χ0v) is 20.4. The molecule has 2 aromatic heterocycles. The number of carbonyl (C=O) groups excluding carboxylic acids is 2. The summed E-state index contributed by atoms with van der Waals surface area (Å²) in [4.78, 5) is 40.1. The van der Waals surface area contributed by atoms with Crippen molar-refractivity contribution in [2.45, 2.75) is 6.92 Å². The van der Waals surface area contributed by atoms with Gasteiger partial charge in [0, 0.05) is 12.1 Å². The molecular formula is C22H16N4O6S3. The number of hydrogen-bond acceptors (Lipinski definition) is 10. The van der Waals surface area contributed by atoms with Crippen molar-refractivity contribution in [3.8, 4) is 17.4 Å². The lowest BCUT2D eigenvalue weighted by Crippen LogP contribution is -2.44. The normalized spacial score (nSPS) is 14.3. The van der Waals surface area contributed by atoms with Gasteiger partial charge in [-0.2, -0.15) is 5.01 Å². The Kier molecular flexibility index (Phi) is 7.39. The third-order valence-electron chi connectivity index (χ3n) is 4.46. The first kappa shape index (κ1) is 24.3. The van der Waals surface area contributed by atoms with E-state index in [9.17, 15) is 19.7 Å². The van der Waals surface area contributed by atoms with Crippen LogP contribution in [0.2, 0.25) is 0 Å². The van der Waals surface area contributed by atoms with Gasteiger partial charge < -0.3 is 9.47 Å². The molecule has 1 aliphatic heterocycles. The summed E-state index contributed by atoms with van der Waals surface area (Å²) in [6, 6.07) is 11.1. The van der Waals surface area contributed by atoms with E-state index in [1.807, 2.05) is 6.92 Å². The maximum atomic E-state index is 12.8. The number of thiophene rings is 1. The lowest BCUT2D eigenvalue weighted by molar-refractivity contribution is -0.385. The number of amides is 2. The molecule has 0 atom stereocenters. The van der Waals surface area contributed by atoms with Gasteiger partial charge in [0.05, 0.1) is 21.3 Å². The maximum Gasteiger partial charge on any atom is 0.287 e. The zero-order chi connectivity index (χ0) is 24.9. The number of pyridine rings is 1. The zero-order valence-electron chi connectivity index (χ0n) is 18.0. The van der Waals surface area contributed by atoms with Crippen molar-refractivity contribution in [1.29, 1.82) is 0 Å².